The van der Waals surface area contributed by atoms with Crippen LogP contribution < -0.4 is 0 Å². The van der Waals surface area contributed by atoms with E-state index in [2.05, 4.69) is 13.8 Å². The number of ketones is 1. The van der Waals surface area contributed by atoms with Crippen LogP contribution in [0.5, 0.6) is 0 Å². The molecule has 0 bridgehead atoms. The summed E-state index contributed by atoms with van der Waals surface area (Å²) in [4.78, 5) is 24.2. The van der Waals surface area contributed by atoms with Crippen molar-refractivity contribution in [2.45, 2.75) is 90.8 Å². The minimum atomic E-state index is -0.442. The number of aliphatic hydroxyl groups excluding tert-OH is 1. The van der Waals surface area contributed by atoms with Crippen molar-refractivity contribution in [2.24, 2.45) is 34.5 Å². The number of rotatable bonds is 2. The summed E-state index contributed by atoms with van der Waals surface area (Å²) in [6.07, 6.45) is 7.83. The van der Waals surface area contributed by atoms with E-state index in [1.165, 1.54) is 0 Å². The molecule has 4 saturated carbocycles. The number of hydrogen-bond acceptors (Lipinski definition) is 4. The third kappa shape index (κ3) is 2.58. The predicted molar refractivity (Wildman–Crippen MR) is 98.3 cm³/mol. The van der Waals surface area contributed by atoms with Gasteiger partial charge in [0.25, 0.3) is 0 Å². The molecular weight excluding hydrogens is 328 g/mol. The first-order valence-electron chi connectivity index (χ1n) is 10.7. The van der Waals surface area contributed by atoms with Gasteiger partial charge >= 0.3 is 5.97 Å². The van der Waals surface area contributed by atoms with Crippen LogP contribution in [0.3, 0.4) is 0 Å². The van der Waals surface area contributed by atoms with E-state index >= 15 is 0 Å². The number of carbonyl (C=O) groups excluding carboxylic acids is 2. The molecule has 0 amide bonds. The Hall–Kier alpha value is -0.900. The van der Waals surface area contributed by atoms with Crippen LogP contribution in [-0.4, -0.2) is 29.1 Å². The number of fused-ring (bicyclic) bond motifs is 5. The Morgan fingerprint density at radius 3 is 2.69 bits per heavy atom. The summed E-state index contributed by atoms with van der Waals surface area (Å²) in [5.74, 6) is 2.05. The van der Waals surface area contributed by atoms with E-state index in [9.17, 15) is 14.7 Å². The first-order valence-corrected chi connectivity index (χ1v) is 10.7. The molecule has 0 saturated heterocycles. The van der Waals surface area contributed by atoms with Gasteiger partial charge in [0.15, 0.2) is 0 Å². The fourth-order valence-electron chi connectivity index (χ4n) is 7.43. The Balaban J connectivity index is 1.54. The molecule has 146 valence electrons. The molecule has 4 aliphatic rings. The molecular formula is C22H34O4. The quantitative estimate of drug-likeness (QED) is 0.757. The van der Waals surface area contributed by atoms with Gasteiger partial charge in [-0.3, -0.25) is 9.59 Å². The van der Waals surface area contributed by atoms with Crippen LogP contribution >= 0.6 is 0 Å². The van der Waals surface area contributed by atoms with Crippen molar-refractivity contribution >= 4 is 11.8 Å². The molecule has 1 unspecified atom stereocenters. The lowest BCUT2D eigenvalue weighted by Crippen LogP contribution is -2.55. The summed E-state index contributed by atoms with van der Waals surface area (Å²) >= 11 is 0. The molecule has 4 fully saturated rings. The van der Waals surface area contributed by atoms with Crippen molar-refractivity contribution < 1.29 is 19.4 Å². The summed E-state index contributed by atoms with van der Waals surface area (Å²) in [6, 6.07) is 0. The van der Waals surface area contributed by atoms with Gasteiger partial charge in [-0.15, -0.1) is 0 Å². The third-order valence-electron chi connectivity index (χ3n) is 8.90. The zero-order chi connectivity index (χ0) is 18.7. The molecule has 0 heterocycles. The van der Waals surface area contributed by atoms with Crippen LogP contribution in [0.2, 0.25) is 0 Å². The Labute approximate surface area is 157 Å². The second kappa shape index (κ2) is 6.32. The van der Waals surface area contributed by atoms with E-state index in [0.717, 1.165) is 44.9 Å². The molecule has 0 aliphatic heterocycles. The maximum absolute atomic E-state index is 12.5. The van der Waals surface area contributed by atoms with Gasteiger partial charge in [0.2, 0.25) is 0 Å². The second-order valence-electron chi connectivity index (χ2n) is 9.97. The smallest absolute Gasteiger partial charge is 0.305 e. The van der Waals surface area contributed by atoms with Gasteiger partial charge in [-0.2, -0.15) is 0 Å². The Morgan fingerprint density at radius 2 is 1.96 bits per heavy atom. The number of Topliss-reactive ketones (excluding diaryl/α,β-unsaturated/α-hetero) is 1. The summed E-state index contributed by atoms with van der Waals surface area (Å²) in [6.45, 7) is 6.41. The van der Waals surface area contributed by atoms with Gasteiger partial charge in [-0.25, -0.2) is 0 Å². The monoisotopic (exact) mass is 362 g/mol. The van der Waals surface area contributed by atoms with Gasteiger partial charge in [-0.1, -0.05) is 20.8 Å². The molecule has 0 spiro atoms. The summed E-state index contributed by atoms with van der Waals surface area (Å²) in [7, 11) is 0. The Kier molecular flexibility index (Phi) is 4.49. The Morgan fingerprint density at radius 1 is 1.19 bits per heavy atom. The molecule has 4 heteroatoms. The number of esters is 1. The number of carbonyl (C=O) groups is 2. The highest BCUT2D eigenvalue weighted by atomic mass is 16.5. The van der Waals surface area contributed by atoms with E-state index in [1.54, 1.807) is 0 Å². The van der Waals surface area contributed by atoms with Gasteiger partial charge in [0.05, 0.1) is 6.10 Å². The molecule has 26 heavy (non-hydrogen) atoms. The van der Waals surface area contributed by atoms with Gasteiger partial charge in [0, 0.05) is 24.2 Å². The SMILES string of the molecule is CCC(=O)O[C@@H]1CC[C@@]2(C)[C@@H](CC[C@@H]3[C@@H]2CC[C@]2(C)C(=O)CC(O)[C@@H]32)C1. The first kappa shape index (κ1) is 18.5. The van der Waals surface area contributed by atoms with Crippen LogP contribution in [-0.2, 0) is 14.3 Å². The molecule has 0 aromatic heterocycles. The number of aliphatic hydroxyl groups is 1. The summed E-state index contributed by atoms with van der Waals surface area (Å²) < 4.78 is 5.66. The van der Waals surface area contributed by atoms with E-state index in [0.29, 0.717) is 30.6 Å². The average Bonchev–Trinajstić information content (AvgIpc) is 2.84. The molecule has 1 N–H and O–H groups in total. The highest BCUT2D eigenvalue weighted by Gasteiger charge is 2.62. The molecule has 4 nitrogen and oxygen atoms in total. The van der Waals surface area contributed by atoms with Crippen LogP contribution in [0.1, 0.15) is 78.6 Å². The van der Waals surface area contributed by atoms with Crippen molar-refractivity contribution in [3.8, 4) is 0 Å². The van der Waals surface area contributed by atoms with E-state index in [4.69, 9.17) is 4.74 Å². The average molecular weight is 363 g/mol. The maximum Gasteiger partial charge on any atom is 0.305 e. The zero-order valence-corrected chi connectivity index (χ0v) is 16.5. The van der Waals surface area contributed by atoms with Crippen molar-refractivity contribution in [3.05, 3.63) is 0 Å². The topological polar surface area (TPSA) is 63.6 Å². The van der Waals surface area contributed by atoms with E-state index in [1.807, 2.05) is 6.92 Å². The minimum absolute atomic E-state index is 0.0756. The van der Waals surface area contributed by atoms with Crippen molar-refractivity contribution in [1.29, 1.82) is 0 Å². The number of hydrogen-bond donors (Lipinski definition) is 1. The fraction of sp³-hybridized carbons (Fsp3) is 0.909. The van der Waals surface area contributed by atoms with Gasteiger partial charge < -0.3 is 9.84 Å². The highest BCUT2D eigenvalue weighted by molar-refractivity contribution is 5.88. The number of ether oxygens (including phenoxy) is 1. The predicted octanol–water partition coefficient (Wildman–Crippen LogP) is 3.89. The maximum atomic E-state index is 12.5. The standard InChI is InChI=1S/C22H34O4/c1-4-19(25)26-14-7-9-21(2)13(11-14)5-6-15-16(21)8-10-22(3)18(24)12-17(23)20(15)22/h13-17,20,23H,4-12H2,1-3H3/t13-,14+,15+,16-,17?,20+,21-,22+/m0/s1. The van der Waals surface area contributed by atoms with Crippen molar-refractivity contribution in [2.75, 3.05) is 0 Å². The molecule has 0 aromatic carbocycles. The lowest BCUT2D eigenvalue weighted by Gasteiger charge is -2.60. The third-order valence-corrected chi connectivity index (χ3v) is 8.90. The van der Waals surface area contributed by atoms with Crippen LogP contribution in [0, 0.1) is 34.5 Å². The molecule has 0 radical (unpaired) electrons. The van der Waals surface area contributed by atoms with Crippen molar-refractivity contribution in [1.82, 2.24) is 0 Å². The normalized spacial score (nSPS) is 50.5. The lowest BCUT2D eigenvalue weighted by atomic mass is 9.45. The highest BCUT2D eigenvalue weighted by Crippen LogP contribution is 2.65. The Bertz CT molecular complexity index is 601. The first-order chi connectivity index (χ1) is 12.3. The molecule has 4 aliphatic carbocycles. The van der Waals surface area contributed by atoms with Crippen LogP contribution in [0.4, 0.5) is 0 Å². The second-order valence-corrected chi connectivity index (χ2v) is 9.97. The molecule has 4 rings (SSSR count). The summed E-state index contributed by atoms with van der Waals surface area (Å²) in [5.41, 5.74) is -0.0254. The molecule has 8 atom stereocenters. The van der Waals surface area contributed by atoms with E-state index < -0.39 is 6.10 Å². The van der Waals surface area contributed by atoms with Crippen LogP contribution in [0.15, 0.2) is 0 Å². The van der Waals surface area contributed by atoms with Gasteiger partial charge in [0.1, 0.15) is 11.9 Å². The molecule has 0 aromatic rings. The fourth-order valence-corrected chi connectivity index (χ4v) is 7.43. The lowest BCUT2D eigenvalue weighted by molar-refractivity contribution is -0.164. The van der Waals surface area contributed by atoms with Crippen molar-refractivity contribution in [3.63, 3.8) is 0 Å². The summed E-state index contributed by atoms with van der Waals surface area (Å²) in [5, 5.41) is 10.7. The van der Waals surface area contributed by atoms with Crippen LogP contribution in [0.25, 0.3) is 0 Å². The zero-order valence-electron chi connectivity index (χ0n) is 16.5. The van der Waals surface area contributed by atoms with Gasteiger partial charge in [-0.05, 0) is 68.1 Å². The van der Waals surface area contributed by atoms with E-state index in [-0.39, 0.29) is 34.6 Å². The largest absolute Gasteiger partial charge is 0.462 e. The minimum Gasteiger partial charge on any atom is -0.462 e.